The molecule has 0 aromatic rings. The van der Waals surface area contributed by atoms with Crippen LogP contribution < -0.4 is 5.73 Å². The summed E-state index contributed by atoms with van der Waals surface area (Å²) in [6.45, 7) is 3.27. The molecule has 1 saturated carbocycles. The van der Waals surface area contributed by atoms with E-state index in [4.69, 9.17) is 5.73 Å². The van der Waals surface area contributed by atoms with E-state index in [0.717, 1.165) is 18.4 Å². The summed E-state index contributed by atoms with van der Waals surface area (Å²) < 4.78 is 0. The van der Waals surface area contributed by atoms with Gasteiger partial charge in [0.2, 0.25) is 0 Å². The van der Waals surface area contributed by atoms with Gasteiger partial charge in [-0.2, -0.15) is 0 Å². The molecule has 14 heavy (non-hydrogen) atoms. The Bertz CT molecular complexity index is 221. The SMILES string of the molecule is CC1CCC(CN)(C2C=CCCC2)C1. The molecule has 80 valence electrons. The average molecular weight is 193 g/mol. The first-order valence-corrected chi connectivity index (χ1v) is 6.13. The van der Waals surface area contributed by atoms with Gasteiger partial charge < -0.3 is 5.73 Å². The molecule has 2 aliphatic carbocycles. The van der Waals surface area contributed by atoms with Gasteiger partial charge in [0, 0.05) is 0 Å². The van der Waals surface area contributed by atoms with Crippen molar-refractivity contribution < 1.29 is 0 Å². The molecule has 3 atom stereocenters. The van der Waals surface area contributed by atoms with E-state index in [9.17, 15) is 0 Å². The van der Waals surface area contributed by atoms with E-state index in [2.05, 4.69) is 19.1 Å². The van der Waals surface area contributed by atoms with Crippen LogP contribution in [0.3, 0.4) is 0 Å². The van der Waals surface area contributed by atoms with E-state index in [-0.39, 0.29) is 0 Å². The van der Waals surface area contributed by atoms with E-state index >= 15 is 0 Å². The molecule has 1 fully saturated rings. The van der Waals surface area contributed by atoms with Crippen LogP contribution in [0.1, 0.15) is 45.4 Å². The fourth-order valence-corrected chi connectivity index (χ4v) is 3.43. The van der Waals surface area contributed by atoms with Gasteiger partial charge in [0.25, 0.3) is 0 Å². The van der Waals surface area contributed by atoms with Gasteiger partial charge in [-0.15, -0.1) is 0 Å². The van der Waals surface area contributed by atoms with E-state index in [1.165, 1.54) is 38.5 Å². The summed E-state index contributed by atoms with van der Waals surface area (Å²) >= 11 is 0. The number of hydrogen-bond donors (Lipinski definition) is 1. The van der Waals surface area contributed by atoms with Crippen LogP contribution in [0.4, 0.5) is 0 Å². The van der Waals surface area contributed by atoms with Crippen molar-refractivity contribution in [1.82, 2.24) is 0 Å². The molecule has 0 bridgehead atoms. The van der Waals surface area contributed by atoms with Gasteiger partial charge in [0.1, 0.15) is 0 Å². The van der Waals surface area contributed by atoms with E-state index < -0.39 is 0 Å². The second-order valence-corrected chi connectivity index (χ2v) is 5.38. The zero-order valence-corrected chi connectivity index (χ0v) is 9.34. The van der Waals surface area contributed by atoms with Crippen molar-refractivity contribution in [2.24, 2.45) is 23.0 Å². The van der Waals surface area contributed by atoms with Gasteiger partial charge >= 0.3 is 0 Å². The zero-order valence-electron chi connectivity index (χ0n) is 9.34. The normalized spacial score (nSPS) is 43.0. The van der Waals surface area contributed by atoms with Gasteiger partial charge in [0.05, 0.1) is 0 Å². The maximum atomic E-state index is 6.03. The third-order valence-corrected chi connectivity index (χ3v) is 4.34. The van der Waals surface area contributed by atoms with Crippen LogP contribution in [0, 0.1) is 17.3 Å². The van der Waals surface area contributed by atoms with Crippen molar-refractivity contribution in [3.63, 3.8) is 0 Å². The van der Waals surface area contributed by atoms with Crippen LogP contribution >= 0.6 is 0 Å². The lowest BCUT2D eigenvalue weighted by Crippen LogP contribution is -2.35. The molecule has 0 heterocycles. The number of hydrogen-bond acceptors (Lipinski definition) is 1. The van der Waals surface area contributed by atoms with Crippen LogP contribution in [-0.2, 0) is 0 Å². The van der Waals surface area contributed by atoms with Crippen molar-refractivity contribution in [3.05, 3.63) is 12.2 Å². The van der Waals surface area contributed by atoms with Gasteiger partial charge in [-0.1, -0.05) is 25.5 Å². The summed E-state index contributed by atoms with van der Waals surface area (Å²) in [6.07, 6.45) is 13.0. The van der Waals surface area contributed by atoms with Crippen molar-refractivity contribution >= 4 is 0 Å². The van der Waals surface area contributed by atoms with Crippen molar-refractivity contribution in [3.8, 4) is 0 Å². The Morgan fingerprint density at radius 1 is 1.43 bits per heavy atom. The molecule has 0 aromatic carbocycles. The minimum absolute atomic E-state index is 0.469. The van der Waals surface area contributed by atoms with Crippen molar-refractivity contribution in [2.45, 2.75) is 45.4 Å². The molecule has 3 unspecified atom stereocenters. The zero-order chi connectivity index (χ0) is 10.0. The first-order valence-electron chi connectivity index (χ1n) is 6.13. The highest BCUT2D eigenvalue weighted by Crippen LogP contribution is 2.49. The highest BCUT2D eigenvalue weighted by molar-refractivity contribution is 5.04. The van der Waals surface area contributed by atoms with E-state index in [1.807, 2.05) is 0 Å². The standard InChI is InChI=1S/C13H23N/c1-11-7-8-13(9-11,10-14)12-5-3-2-4-6-12/h3,5,11-12H,2,4,6-10,14H2,1H3. The van der Waals surface area contributed by atoms with Crippen LogP contribution in [0.5, 0.6) is 0 Å². The minimum atomic E-state index is 0.469. The first kappa shape index (κ1) is 10.2. The topological polar surface area (TPSA) is 26.0 Å². The van der Waals surface area contributed by atoms with Gasteiger partial charge in [-0.3, -0.25) is 0 Å². The maximum absolute atomic E-state index is 6.03. The summed E-state index contributed by atoms with van der Waals surface area (Å²) in [6, 6.07) is 0. The van der Waals surface area contributed by atoms with E-state index in [0.29, 0.717) is 5.41 Å². The van der Waals surface area contributed by atoms with Crippen LogP contribution in [0.2, 0.25) is 0 Å². The fourth-order valence-electron chi connectivity index (χ4n) is 3.43. The summed E-state index contributed by atoms with van der Waals surface area (Å²) in [5.74, 6) is 1.68. The maximum Gasteiger partial charge on any atom is -0.00148 e. The highest BCUT2D eigenvalue weighted by Gasteiger charge is 2.41. The van der Waals surface area contributed by atoms with Crippen LogP contribution in [0.25, 0.3) is 0 Å². The Kier molecular flexibility index (Phi) is 2.96. The molecule has 0 saturated heterocycles. The molecule has 2 aliphatic rings. The molecule has 2 N–H and O–H groups in total. The Morgan fingerprint density at radius 2 is 2.29 bits per heavy atom. The third-order valence-electron chi connectivity index (χ3n) is 4.34. The van der Waals surface area contributed by atoms with Crippen LogP contribution in [-0.4, -0.2) is 6.54 Å². The van der Waals surface area contributed by atoms with Crippen molar-refractivity contribution in [2.75, 3.05) is 6.54 Å². The summed E-state index contributed by atoms with van der Waals surface area (Å²) in [5.41, 5.74) is 6.50. The lowest BCUT2D eigenvalue weighted by atomic mass is 9.70. The average Bonchev–Trinajstić information content (AvgIpc) is 2.63. The monoisotopic (exact) mass is 193 g/mol. The van der Waals surface area contributed by atoms with Crippen LogP contribution in [0.15, 0.2) is 12.2 Å². The lowest BCUT2D eigenvalue weighted by Gasteiger charge is -2.36. The summed E-state index contributed by atoms with van der Waals surface area (Å²) in [4.78, 5) is 0. The molecule has 0 spiro atoms. The number of rotatable bonds is 2. The molecule has 0 aliphatic heterocycles. The highest BCUT2D eigenvalue weighted by atomic mass is 14.6. The Morgan fingerprint density at radius 3 is 2.79 bits per heavy atom. The third kappa shape index (κ3) is 1.75. The van der Waals surface area contributed by atoms with Crippen molar-refractivity contribution in [1.29, 1.82) is 0 Å². The molecule has 0 aromatic heterocycles. The fraction of sp³-hybridized carbons (Fsp3) is 0.846. The summed E-state index contributed by atoms with van der Waals surface area (Å²) in [7, 11) is 0. The predicted molar refractivity (Wildman–Crippen MR) is 61.0 cm³/mol. The molecule has 0 amide bonds. The minimum Gasteiger partial charge on any atom is -0.330 e. The molecule has 0 radical (unpaired) electrons. The Hall–Kier alpha value is -0.300. The molecule has 1 nitrogen and oxygen atoms in total. The number of allylic oxidation sites excluding steroid dienone is 2. The second-order valence-electron chi connectivity index (χ2n) is 5.38. The summed E-state index contributed by atoms with van der Waals surface area (Å²) in [5, 5.41) is 0. The van der Waals surface area contributed by atoms with Gasteiger partial charge in [-0.25, -0.2) is 0 Å². The van der Waals surface area contributed by atoms with Gasteiger partial charge in [0.15, 0.2) is 0 Å². The Balaban J connectivity index is 2.11. The van der Waals surface area contributed by atoms with Gasteiger partial charge in [-0.05, 0) is 55.9 Å². The second kappa shape index (κ2) is 4.06. The molecular weight excluding hydrogens is 170 g/mol. The molecule has 1 heteroatoms. The van der Waals surface area contributed by atoms with E-state index in [1.54, 1.807) is 0 Å². The number of nitrogens with two attached hydrogens (primary N) is 1. The predicted octanol–water partition coefficient (Wildman–Crippen LogP) is 3.11. The quantitative estimate of drug-likeness (QED) is 0.670. The molecule has 2 rings (SSSR count). The largest absolute Gasteiger partial charge is 0.330 e. The lowest BCUT2D eigenvalue weighted by molar-refractivity contribution is 0.192. The molecular formula is C13H23N. The first-order chi connectivity index (χ1) is 6.77. The smallest absolute Gasteiger partial charge is 0.00148 e. The Labute approximate surface area is 87.8 Å².